The molecule has 2 rings (SSSR count). The Hall–Kier alpha value is -1.85. The molecule has 0 radical (unpaired) electrons. The molecule has 20 heavy (non-hydrogen) atoms. The lowest BCUT2D eigenvalue weighted by atomic mass is 10.1. The number of benzene rings is 2. The molecular weight excluding hydrogens is 274 g/mol. The number of hydrogen-bond donors (Lipinski definition) is 1. The summed E-state index contributed by atoms with van der Waals surface area (Å²) in [6.45, 7) is 0.590. The second kappa shape index (κ2) is 6.07. The predicted molar refractivity (Wildman–Crippen MR) is 78.8 cm³/mol. The summed E-state index contributed by atoms with van der Waals surface area (Å²) >= 11 is 0. The fourth-order valence-electron chi connectivity index (χ4n) is 1.82. The minimum Gasteiger partial charge on any atom is -0.457 e. The largest absolute Gasteiger partial charge is 0.457 e. The van der Waals surface area contributed by atoms with Crippen LogP contribution < -0.4 is 10.5 Å². The Kier molecular flexibility index (Phi) is 4.42. The van der Waals surface area contributed by atoms with Crippen molar-refractivity contribution in [3.8, 4) is 11.5 Å². The Balaban J connectivity index is 2.16. The van der Waals surface area contributed by atoms with Crippen molar-refractivity contribution in [3.63, 3.8) is 0 Å². The Labute approximate surface area is 119 Å². The van der Waals surface area contributed by atoms with Gasteiger partial charge in [0.1, 0.15) is 11.5 Å². The van der Waals surface area contributed by atoms with Crippen molar-refractivity contribution < 1.29 is 13.2 Å². The fraction of sp³-hybridized carbons (Fsp3) is 0.200. The Bertz CT molecular complexity index is 679. The highest BCUT2D eigenvalue weighted by molar-refractivity contribution is 7.90. The minimum absolute atomic E-state index is 0.279. The molecule has 0 fully saturated rings. The first kappa shape index (κ1) is 14.6. The average molecular weight is 291 g/mol. The molecule has 0 aliphatic rings. The molecule has 0 aromatic heterocycles. The van der Waals surface area contributed by atoms with Crippen molar-refractivity contribution in [1.29, 1.82) is 0 Å². The van der Waals surface area contributed by atoms with Crippen molar-refractivity contribution in [1.82, 2.24) is 0 Å². The predicted octanol–water partition coefficient (Wildman–Crippen LogP) is 2.38. The summed E-state index contributed by atoms with van der Waals surface area (Å²) < 4.78 is 28.4. The van der Waals surface area contributed by atoms with Crippen LogP contribution in [-0.4, -0.2) is 21.2 Å². The molecule has 0 aliphatic heterocycles. The number of rotatable bonds is 5. The second-order valence-corrected chi connectivity index (χ2v) is 6.55. The van der Waals surface area contributed by atoms with Gasteiger partial charge < -0.3 is 10.5 Å². The van der Waals surface area contributed by atoms with Crippen LogP contribution in [-0.2, 0) is 16.3 Å². The molecule has 0 aliphatic carbocycles. The van der Waals surface area contributed by atoms with Crippen molar-refractivity contribution in [2.24, 2.45) is 5.73 Å². The van der Waals surface area contributed by atoms with Gasteiger partial charge >= 0.3 is 0 Å². The zero-order valence-electron chi connectivity index (χ0n) is 11.2. The standard InChI is InChI=1S/C15H17NO3S/c1-20(17,18)15-7-5-13(6-8-15)19-14-4-2-3-12(11-14)9-10-16/h2-8,11H,9-10,16H2,1H3. The van der Waals surface area contributed by atoms with Crippen LogP contribution in [0.5, 0.6) is 11.5 Å². The van der Waals surface area contributed by atoms with Gasteiger partial charge in [-0.25, -0.2) is 8.42 Å². The van der Waals surface area contributed by atoms with E-state index in [1.165, 1.54) is 18.4 Å². The molecule has 2 aromatic carbocycles. The number of ether oxygens (including phenoxy) is 1. The van der Waals surface area contributed by atoms with E-state index in [0.717, 1.165) is 12.0 Å². The van der Waals surface area contributed by atoms with Gasteiger partial charge in [0.2, 0.25) is 0 Å². The molecule has 0 atom stereocenters. The quantitative estimate of drug-likeness (QED) is 0.918. The van der Waals surface area contributed by atoms with Gasteiger partial charge in [-0.05, 0) is 54.9 Å². The van der Waals surface area contributed by atoms with Crippen LogP contribution in [0.1, 0.15) is 5.56 Å². The first-order chi connectivity index (χ1) is 9.49. The molecule has 5 heteroatoms. The average Bonchev–Trinajstić information content (AvgIpc) is 2.39. The van der Waals surface area contributed by atoms with Crippen molar-refractivity contribution >= 4 is 9.84 Å². The Morgan fingerprint density at radius 2 is 1.75 bits per heavy atom. The summed E-state index contributed by atoms with van der Waals surface area (Å²) in [7, 11) is -3.18. The van der Waals surface area contributed by atoms with E-state index in [1.807, 2.05) is 24.3 Å². The van der Waals surface area contributed by atoms with E-state index in [2.05, 4.69) is 0 Å². The maximum atomic E-state index is 11.4. The highest BCUT2D eigenvalue weighted by Gasteiger charge is 2.06. The van der Waals surface area contributed by atoms with Gasteiger partial charge in [-0.1, -0.05) is 12.1 Å². The maximum Gasteiger partial charge on any atom is 0.175 e. The van der Waals surface area contributed by atoms with Gasteiger partial charge in [0.15, 0.2) is 9.84 Å². The van der Waals surface area contributed by atoms with Crippen molar-refractivity contribution in [2.45, 2.75) is 11.3 Å². The third kappa shape index (κ3) is 3.82. The van der Waals surface area contributed by atoms with Gasteiger partial charge in [-0.15, -0.1) is 0 Å². The molecule has 0 saturated heterocycles. The second-order valence-electron chi connectivity index (χ2n) is 4.53. The highest BCUT2D eigenvalue weighted by Crippen LogP contribution is 2.23. The van der Waals surface area contributed by atoms with Crippen LogP contribution in [0, 0.1) is 0 Å². The van der Waals surface area contributed by atoms with E-state index >= 15 is 0 Å². The summed E-state index contributed by atoms with van der Waals surface area (Å²) in [5.41, 5.74) is 6.63. The van der Waals surface area contributed by atoms with Crippen LogP contribution in [0.2, 0.25) is 0 Å². The zero-order chi connectivity index (χ0) is 14.6. The molecule has 0 amide bonds. The van der Waals surface area contributed by atoms with E-state index in [0.29, 0.717) is 18.0 Å². The highest BCUT2D eigenvalue weighted by atomic mass is 32.2. The molecule has 106 valence electrons. The van der Waals surface area contributed by atoms with E-state index in [4.69, 9.17) is 10.5 Å². The van der Waals surface area contributed by atoms with Crippen LogP contribution in [0.25, 0.3) is 0 Å². The zero-order valence-corrected chi connectivity index (χ0v) is 12.1. The minimum atomic E-state index is -3.18. The first-order valence-electron chi connectivity index (χ1n) is 6.26. The summed E-state index contributed by atoms with van der Waals surface area (Å²) in [4.78, 5) is 0.279. The lowest BCUT2D eigenvalue weighted by molar-refractivity contribution is 0.481. The lowest BCUT2D eigenvalue weighted by Crippen LogP contribution is -2.02. The molecular formula is C15H17NO3S. The third-order valence-corrected chi connectivity index (χ3v) is 3.95. The van der Waals surface area contributed by atoms with Gasteiger partial charge in [-0.3, -0.25) is 0 Å². The Morgan fingerprint density at radius 1 is 1.05 bits per heavy atom. The summed E-state index contributed by atoms with van der Waals surface area (Å²) in [5, 5.41) is 0. The van der Waals surface area contributed by atoms with Crippen LogP contribution in [0.4, 0.5) is 0 Å². The third-order valence-electron chi connectivity index (χ3n) is 2.82. The molecule has 0 spiro atoms. The number of nitrogens with two attached hydrogens (primary N) is 1. The van der Waals surface area contributed by atoms with E-state index < -0.39 is 9.84 Å². The summed E-state index contributed by atoms with van der Waals surface area (Å²) in [6.07, 6.45) is 1.98. The van der Waals surface area contributed by atoms with Crippen LogP contribution in [0.3, 0.4) is 0 Å². The molecule has 2 N–H and O–H groups in total. The number of sulfone groups is 1. The summed E-state index contributed by atoms with van der Waals surface area (Å²) in [5.74, 6) is 1.31. The molecule has 0 unspecified atom stereocenters. The van der Waals surface area contributed by atoms with E-state index in [9.17, 15) is 8.42 Å². The fourth-order valence-corrected chi connectivity index (χ4v) is 2.45. The van der Waals surface area contributed by atoms with Gasteiger partial charge in [0.25, 0.3) is 0 Å². The van der Waals surface area contributed by atoms with Crippen LogP contribution >= 0.6 is 0 Å². The summed E-state index contributed by atoms with van der Waals surface area (Å²) in [6, 6.07) is 14.0. The molecule has 0 bridgehead atoms. The Morgan fingerprint density at radius 3 is 2.35 bits per heavy atom. The molecule has 0 saturated carbocycles. The van der Waals surface area contributed by atoms with Crippen molar-refractivity contribution in [2.75, 3.05) is 12.8 Å². The van der Waals surface area contributed by atoms with Gasteiger partial charge in [0, 0.05) is 6.26 Å². The van der Waals surface area contributed by atoms with Crippen LogP contribution in [0.15, 0.2) is 53.4 Å². The molecule has 0 heterocycles. The maximum absolute atomic E-state index is 11.4. The SMILES string of the molecule is CS(=O)(=O)c1ccc(Oc2cccc(CCN)c2)cc1. The topological polar surface area (TPSA) is 69.4 Å². The van der Waals surface area contributed by atoms with Gasteiger partial charge in [0.05, 0.1) is 4.90 Å². The normalized spacial score (nSPS) is 11.3. The molecule has 4 nitrogen and oxygen atoms in total. The monoisotopic (exact) mass is 291 g/mol. The van der Waals surface area contributed by atoms with Crippen molar-refractivity contribution in [3.05, 3.63) is 54.1 Å². The van der Waals surface area contributed by atoms with Gasteiger partial charge in [-0.2, -0.15) is 0 Å². The van der Waals surface area contributed by atoms with E-state index in [-0.39, 0.29) is 4.90 Å². The molecule has 2 aromatic rings. The lowest BCUT2D eigenvalue weighted by Gasteiger charge is -2.08. The van der Waals surface area contributed by atoms with E-state index in [1.54, 1.807) is 12.1 Å². The number of hydrogen-bond acceptors (Lipinski definition) is 4. The first-order valence-corrected chi connectivity index (χ1v) is 8.15. The smallest absolute Gasteiger partial charge is 0.175 e.